The van der Waals surface area contributed by atoms with Gasteiger partial charge in [-0.2, -0.15) is 0 Å². The van der Waals surface area contributed by atoms with E-state index in [4.69, 9.17) is 11.6 Å². The Balaban J connectivity index is 2.09. The topological polar surface area (TPSA) is 12.0 Å². The van der Waals surface area contributed by atoms with Crippen LogP contribution in [-0.2, 0) is 13.0 Å². The number of nitrogens with one attached hydrogen (secondary N) is 1. The largest absolute Gasteiger partial charge is 0.381 e. The number of hydrogen-bond donors (Lipinski definition) is 1. The molecule has 0 radical (unpaired) electrons. The van der Waals surface area contributed by atoms with Crippen molar-refractivity contribution in [1.29, 1.82) is 0 Å². The molecule has 0 aromatic heterocycles. The third-order valence-corrected chi connectivity index (χ3v) is 3.19. The average Bonchev–Trinajstić information content (AvgIpc) is 2.40. The second kappa shape index (κ2) is 5.87. The van der Waals surface area contributed by atoms with Crippen molar-refractivity contribution >= 4 is 17.3 Å². The normalized spacial score (nSPS) is 10.4. The van der Waals surface area contributed by atoms with Crippen LogP contribution in [-0.4, -0.2) is 0 Å². The van der Waals surface area contributed by atoms with Crippen LogP contribution in [0.25, 0.3) is 0 Å². The minimum atomic E-state index is -0.392. The average molecular weight is 264 g/mol. The molecule has 0 atom stereocenters. The SMILES string of the molecule is CCc1ccccc1CNc1ccc(F)c(Cl)c1. The summed E-state index contributed by atoms with van der Waals surface area (Å²) in [5, 5.41) is 3.39. The van der Waals surface area contributed by atoms with E-state index in [2.05, 4.69) is 24.4 Å². The van der Waals surface area contributed by atoms with Gasteiger partial charge in [-0.3, -0.25) is 0 Å². The molecule has 0 unspecified atom stereocenters. The van der Waals surface area contributed by atoms with E-state index in [1.54, 1.807) is 12.1 Å². The van der Waals surface area contributed by atoms with Crippen LogP contribution in [0.3, 0.4) is 0 Å². The summed E-state index contributed by atoms with van der Waals surface area (Å²) in [7, 11) is 0. The lowest BCUT2D eigenvalue weighted by molar-refractivity contribution is 0.628. The fourth-order valence-electron chi connectivity index (χ4n) is 1.88. The van der Waals surface area contributed by atoms with Gasteiger partial charge >= 0.3 is 0 Å². The van der Waals surface area contributed by atoms with Crippen LogP contribution in [0.5, 0.6) is 0 Å². The van der Waals surface area contributed by atoms with E-state index in [-0.39, 0.29) is 5.02 Å². The van der Waals surface area contributed by atoms with Gasteiger partial charge in [-0.25, -0.2) is 4.39 Å². The lowest BCUT2D eigenvalue weighted by Gasteiger charge is -2.10. The predicted octanol–water partition coefficient (Wildman–Crippen LogP) is 4.65. The summed E-state index contributed by atoms with van der Waals surface area (Å²) < 4.78 is 13.0. The van der Waals surface area contributed by atoms with Crippen LogP contribution >= 0.6 is 11.6 Å². The number of hydrogen-bond acceptors (Lipinski definition) is 1. The van der Waals surface area contributed by atoms with Gasteiger partial charge in [0.1, 0.15) is 5.82 Å². The molecule has 0 saturated carbocycles. The summed E-state index contributed by atoms with van der Waals surface area (Å²) in [5.74, 6) is -0.392. The van der Waals surface area contributed by atoms with Crippen LogP contribution in [0.1, 0.15) is 18.1 Å². The zero-order chi connectivity index (χ0) is 13.0. The predicted molar refractivity (Wildman–Crippen MR) is 74.6 cm³/mol. The van der Waals surface area contributed by atoms with E-state index in [1.807, 2.05) is 12.1 Å². The van der Waals surface area contributed by atoms with E-state index < -0.39 is 5.82 Å². The Morgan fingerprint density at radius 1 is 1.11 bits per heavy atom. The van der Waals surface area contributed by atoms with E-state index in [0.717, 1.165) is 12.1 Å². The van der Waals surface area contributed by atoms with Crippen molar-refractivity contribution in [3.8, 4) is 0 Å². The maximum Gasteiger partial charge on any atom is 0.141 e. The third kappa shape index (κ3) is 3.02. The van der Waals surface area contributed by atoms with Crippen LogP contribution in [0.4, 0.5) is 10.1 Å². The van der Waals surface area contributed by atoms with E-state index in [0.29, 0.717) is 6.54 Å². The highest BCUT2D eigenvalue weighted by Gasteiger charge is 2.02. The maximum absolute atomic E-state index is 13.0. The first-order chi connectivity index (χ1) is 8.70. The first kappa shape index (κ1) is 12.9. The summed E-state index contributed by atoms with van der Waals surface area (Å²) >= 11 is 5.74. The van der Waals surface area contributed by atoms with Gasteiger partial charge in [0.25, 0.3) is 0 Å². The van der Waals surface area contributed by atoms with Gasteiger partial charge < -0.3 is 5.32 Å². The quantitative estimate of drug-likeness (QED) is 0.846. The zero-order valence-corrected chi connectivity index (χ0v) is 11.0. The van der Waals surface area contributed by atoms with Gasteiger partial charge in [0, 0.05) is 12.2 Å². The molecule has 1 N–H and O–H groups in total. The molecule has 2 aromatic carbocycles. The first-order valence-electron chi connectivity index (χ1n) is 5.96. The summed E-state index contributed by atoms with van der Waals surface area (Å²) in [4.78, 5) is 0. The van der Waals surface area contributed by atoms with Gasteiger partial charge in [0.15, 0.2) is 0 Å². The molecule has 2 rings (SSSR count). The molecule has 0 aliphatic carbocycles. The molecule has 0 bridgehead atoms. The highest BCUT2D eigenvalue weighted by Crippen LogP contribution is 2.20. The fraction of sp³-hybridized carbons (Fsp3) is 0.200. The van der Waals surface area contributed by atoms with Crippen molar-refractivity contribution in [2.45, 2.75) is 19.9 Å². The molecular formula is C15H15ClFN. The third-order valence-electron chi connectivity index (χ3n) is 2.90. The zero-order valence-electron chi connectivity index (χ0n) is 10.2. The van der Waals surface area contributed by atoms with E-state index >= 15 is 0 Å². The van der Waals surface area contributed by atoms with Crippen molar-refractivity contribution < 1.29 is 4.39 Å². The van der Waals surface area contributed by atoms with Crippen LogP contribution in [0.2, 0.25) is 5.02 Å². The Morgan fingerprint density at radius 3 is 2.50 bits per heavy atom. The smallest absolute Gasteiger partial charge is 0.141 e. The molecule has 0 fully saturated rings. The molecule has 0 aliphatic heterocycles. The Hall–Kier alpha value is -1.54. The Morgan fingerprint density at radius 2 is 1.83 bits per heavy atom. The number of halogens is 2. The fourth-order valence-corrected chi connectivity index (χ4v) is 2.06. The Labute approximate surface area is 112 Å². The molecule has 94 valence electrons. The van der Waals surface area contributed by atoms with Gasteiger partial charge in [-0.1, -0.05) is 42.8 Å². The van der Waals surface area contributed by atoms with E-state index in [9.17, 15) is 4.39 Å². The van der Waals surface area contributed by atoms with E-state index in [1.165, 1.54) is 17.2 Å². The van der Waals surface area contributed by atoms with Gasteiger partial charge in [0.2, 0.25) is 0 Å². The molecular weight excluding hydrogens is 249 g/mol. The Bertz CT molecular complexity index is 540. The molecule has 3 heteroatoms. The summed E-state index contributed by atoms with van der Waals surface area (Å²) in [6, 6.07) is 12.9. The second-order valence-corrected chi connectivity index (χ2v) is 4.51. The number of rotatable bonds is 4. The lowest BCUT2D eigenvalue weighted by atomic mass is 10.1. The van der Waals surface area contributed by atoms with Gasteiger partial charge in [-0.05, 0) is 35.7 Å². The first-order valence-corrected chi connectivity index (χ1v) is 6.34. The maximum atomic E-state index is 13.0. The van der Waals surface area contributed by atoms with Crippen LogP contribution in [0, 0.1) is 5.82 Å². The van der Waals surface area contributed by atoms with Crippen molar-refractivity contribution in [3.63, 3.8) is 0 Å². The summed E-state index contributed by atoms with van der Waals surface area (Å²) in [5.41, 5.74) is 3.39. The monoisotopic (exact) mass is 263 g/mol. The van der Waals surface area contributed by atoms with Crippen LogP contribution < -0.4 is 5.32 Å². The van der Waals surface area contributed by atoms with Crippen molar-refractivity contribution in [1.82, 2.24) is 0 Å². The minimum Gasteiger partial charge on any atom is -0.381 e. The van der Waals surface area contributed by atoms with Crippen molar-refractivity contribution in [3.05, 3.63) is 64.4 Å². The van der Waals surface area contributed by atoms with Gasteiger partial charge in [-0.15, -0.1) is 0 Å². The molecule has 0 heterocycles. The van der Waals surface area contributed by atoms with Crippen LogP contribution in [0.15, 0.2) is 42.5 Å². The highest BCUT2D eigenvalue weighted by atomic mass is 35.5. The minimum absolute atomic E-state index is 0.142. The van der Waals surface area contributed by atoms with Crippen molar-refractivity contribution in [2.24, 2.45) is 0 Å². The highest BCUT2D eigenvalue weighted by molar-refractivity contribution is 6.31. The molecule has 0 amide bonds. The van der Waals surface area contributed by atoms with Gasteiger partial charge in [0.05, 0.1) is 5.02 Å². The summed E-state index contributed by atoms with van der Waals surface area (Å²) in [6.07, 6.45) is 1.00. The number of benzene rings is 2. The lowest BCUT2D eigenvalue weighted by Crippen LogP contribution is -2.02. The second-order valence-electron chi connectivity index (χ2n) is 4.10. The molecule has 0 saturated heterocycles. The molecule has 0 spiro atoms. The van der Waals surface area contributed by atoms with Crippen molar-refractivity contribution in [2.75, 3.05) is 5.32 Å². The molecule has 2 aromatic rings. The number of aryl methyl sites for hydroxylation is 1. The molecule has 18 heavy (non-hydrogen) atoms. The number of anilines is 1. The summed E-state index contributed by atoms with van der Waals surface area (Å²) in [6.45, 7) is 2.85. The molecule has 1 nitrogen and oxygen atoms in total. The molecule has 0 aliphatic rings. The standard InChI is InChI=1S/C15H15ClFN/c1-2-11-5-3-4-6-12(11)10-18-13-7-8-15(17)14(16)9-13/h3-9,18H,2,10H2,1H3. The Kier molecular flexibility index (Phi) is 4.21.